The molecule has 102 valence electrons. The van der Waals surface area contributed by atoms with Crippen LogP contribution in [-0.4, -0.2) is 0 Å². The van der Waals surface area contributed by atoms with Gasteiger partial charge in [0.1, 0.15) is 11.4 Å². The van der Waals surface area contributed by atoms with Crippen LogP contribution in [0.2, 0.25) is 0 Å². The number of hydrogen-bond acceptors (Lipinski definition) is 2. The molecular weight excluding hydrogens is 269 g/mol. The quantitative estimate of drug-likeness (QED) is 0.518. The summed E-state index contributed by atoms with van der Waals surface area (Å²) >= 11 is 0. The van der Waals surface area contributed by atoms with Gasteiger partial charge >= 0.3 is 0 Å². The van der Waals surface area contributed by atoms with Gasteiger partial charge in [-0.05, 0) is 19.1 Å². The number of rotatable bonds is 3. The maximum Gasteiger partial charge on any atom is 0.200 e. The molecule has 0 amide bonds. The maximum absolute atomic E-state index is 13.4. The Bertz CT molecular complexity index is 568. The first kappa shape index (κ1) is 13.4. The first-order chi connectivity index (χ1) is 8.93. The highest BCUT2D eigenvalue weighted by atomic mass is 19.2. The van der Waals surface area contributed by atoms with E-state index < -0.39 is 40.8 Å². The minimum Gasteiger partial charge on any atom is -0.467 e. The number of anilines is 1. The summed E-state index contributed by atoms with van der Waals surface area (Å²) in [4.78, 5) is 0. The summed E-state index contributed by atoms with van der Waals surface area (Å²) in [6.45, 7) is 1.46. The standard InChI is InChI=1S/C12H8F5NO/c1-5(6-3-2-4-19-6)18-12-10(16)8(14)7(13)9(15)11(12)17/h2-5,18H,1H3. The number of nitrogens with one attached hydrogen (secondary N) is 1. The van der Waals surface area contributed by atoms with E-state index in [1.165, 1.54) is 25.3 Å². The van der Waals surface area contributed by atoms with Crippen molar-refractivity contribution >= 4 is 5.69 Å². The Hall–Kier alpha value is -2.05. The van der Waals surface area contributed by atoms with Crippen molar-refractivity contribution in [3.05, 3.63) is 53.2 Å². The summed E-state index contributed by atoms with van der Waals surface area (Å²) in [6, 6.07) is 2.28. The summed E-state index contributed by atoms with van der Waals surface area (Å²) < 4.78 is 70.5. The van der Waals surface area contributed by atoms with Gasteiger partial charge in [-0.25, -0.2) is 22.0 Å². The molecule has 1 heterocycles. The Labute approximate surface area is 104 Å². The van der Waals surface area contributed by atoms with Gasteiger partial charge < -0.3 is 9.73 Å². The molecule has 0 aliphatic carbocycles. The second kappa shape index (κ2) is 4.91. The van der Waals surface area contributed by atoms with Crippen molar-refractivity contribution < 1.29 is 26.4 Å². The molecule has 0 bridgehead atoms. The van der Waals surface area contributed by atoms with Gasteiger partial charge in [0.05, 0.1) is 12.3 Å². The van der Waals surface area contributed by atoms with E-state index in [0.29, 0.717) is 5.76 Å². The van der Waals surface area contributed by atoms with E-state index in [1.54, 1.807) is 0 Å². The van der Waals surface area contributed by atoms with Crippen molar-refractivity contribution in [3.63, 3.8) is 0 Å². The molecule has 2 rings (SSSR count). The third-order valence-corrected chi connectivity index (χ3v) is 2.54. The van der Waals surface area contributed by atoms with E-state index in [1.807, 2.05) is 0 Å². The second-order valence-electron chi connectivity index (χ2n) is 3.83. The van der Waals surface area contributed by atoms with Crippen LogP contribution in [0.4, 0.5) is 27.6 Å². The molecule has 0 fully saturated rings. The molecule has 0 saturated heterocycles. The third kappa shape index (κ3) is 2.27. The predicted molar refractivity (Wildman–Crippen MR) is 57.0 cm³/mol. The molecule has 0 spiro atoms. The van der Waals surface area contributed by atoms with Gasteiger partial charge in [-0.2, -0.15) is 0 Å². The second-order valence-corrected chi connectivity index (χ2v) is 3.83. The van der Waals surface area contributed by atoms with Crippen LogP contribution >= 0.6 is 0 Å². The molecule has 1 atom stereocenters. The number of hydrogen-bond donors (Lipinski definition) is 1. The Morgan fingerprint density at radius 1 is 0.947 bits per heavy atom. The molecule has 1 aromatic heterocycles. The van der Waals surface area contributed by atoms with E-state index in [-0.39, 0.29) is 0 Å². The van der Waals surface area contributed by atoms with Gasteiger partial charge in [-0.3, -0.25) is 0 Å². The number of benzene rings is 1. The molecule has 1 N–H and O–H groups in total. The first-order valence-electron chi connectivity index (χ1n) is 5.24. The van der Waals surface area contributed by atoms with E-state index in [9.17, 15) is 22.0 Å². The van der Waals surface area contributed by atoms with E-state index in [0.717, 1.165) is 0 Å². The summed E-state index contributed by atoms with van der Waals surface area (Å²) in [5.41, 5.74) is -1.08. The van der Waals surface area contributed by atoms with Crippen molar-refractivity contribution in [2.75, 3.05) is 5.32 Å². The van der Waals surface area contributed by atoms with E-state index in [4.69, 9.17) is 4.42 Å². The van der Waals surface area contributed by atoms with E-state index in [2.05, 4.69) is 5.32 Å². The summed E-state index contributed by atoms with van der Waals surface area (Å²) in [5.74, 6) is -9.69. The van der Waals surface area contributed by atoms with Crippen LogP contribution in [0.3, 0.4) is 0 Å². The first-order valence-corrected chi connectivity index (χ1v) is 5.24. The van der Waals surface area contributed by atoms with Crippen molar-refractivity contribution in [2.45, 2.75) is 13.0 Å². The molecule has 19 heavy (non-hydrogen) atoms. The molecule has 2 nitrogen and oxygen atoms in total. The van der Waals surface area contributed by atoms with Gasteiger partial charge in [-0.15, -0.1) is 0 Å². The van der Waals surface area contributed by atoms with Crippen molar-refractivity contribution in [2.24, 2.45) is 0 Å². The van der Waals surface area contributed by atoms with Crippen LogP contribution in [0.1, 0.15) is 18.7 Å². The lowest BCUT2D eigenvalue weighted by atomic mass is 10.2. The molecule has 2 aromatic rings. The number of halogens is 5. The normalized spacial score (nSPS) is 12.5. The summed E-state index contributed by atoms with van der Waals surface area (Å²) in [6.07, 6.45) is 1.33. The fourth-order valence-electron chi connectivity index (χ4n) is 1.56. The van der Waals surface area contributed by atoms with Crippen LogP contribution in [0, 0.1) is 29.1 Å². The minimum atomic E-state index is -2.19. The lowest BCUT2D eigenvalue weighted by Gasteiger charge is -2.15. The largest absolute Gasteiger partial charge is 0.467 e. The van der Waals surface area contributed by atoms with E-state index >= 15 is 0 Å². The van der Waals surface area contributed by atoms with Gasteiger partial charge in [0.2, 0.25) is 5.82 Å². The third-order valence-electron chi connectivity index (χ3n) is 2.54. The highest BCUT2D eigenvalue weighted by Gasteiger charge is 2.26. The average molecular weight is 277 g/mol. The van der Waals surface area contributed by atoms with Crippen molar-refractivity contribution in [1.29, 1.82) is 0 Å². The topological polar surface area (TPSA) is 25.2 Å². The zero-order valence-electron chi connectivity index (χ0n) is 9.61. The molecule has 7 heteroatoms. The van der Waals surface area contributed by atoms with Crippen LogP contribution in [0.15, 0.2) is 22.8 Å². The highest BCUT2D eigenvalue weighted by Crippen LogP contribution is 2.30. The van der Waals surface area contributed by atoms with Gasteiger partial charge in [0.25, 0.3) is 0 Å². The Morgan fingerprint density at radius 2 is 1.47 bits per heavy atom. The van der Waals surface area contributed by atoms with Crippen LogP contribution < -0.4 is 5.32 Å². The number of furan rings is 1. The summed E-state index contributed by atoms with van der Waals surface area (Å²) in [7, 11) is 0. The maximum atomic E-state index is 13.4. The molecule has 0 aliphatic heterocycles. The molecular formula is C12H8F5NO. The fourth-order valence-corrected chi connectivity index (χ4v) is 1.56. The van der Waals surface area contributed by atoms with Crippen LogP contribution in [0.25, 0.3) is 0 Å². The molecule has 0 aliphatic rings. The van der Waals surface area contributed by atoms with Crippen molar-refractivity contribution in [3.8, 4) is 0 Å². The Balaban J connectivity index is 2.41. The minimum absolute atomic E-state index is 0.295. The molecule has 1 aromatic carbocycles. The Kier molecular flexibility index (Phi) is 3.46. The SMILES string of the molecule is CC(Nc1c(F)c(F)c(F)c(F)c1F)c1ccco1. The fraction of sp³-hybridized carbons (Fsp3) is 0.167. The lowest BCUT2D eigenvalue weighted by Crippen LogP contribution is -2.12. The lowest BCUT2D eigenvalue weighted by molar-refractivity contribution is 0.380. The monoisotopic (exact) mass is 277 g/mol. The zero-order valence-corrected chi connectivity index (χ0v) is 9.61. The molecule has 0 radical (unpaired) electrons. The predicted octanol–water partition coefficient (Wildman–Crippen LogP) is 4.15. The average Bonchev–Trinajstić information content (AvgIpc) is 2.93. The Morgan fingerprint density at radius 3 is 1.95 bits per heavy atom. The molecule has 1 unspecified atom stereocenters. The van der Waals surface area contributed by atoms with Crippen molar-refractivity contribution in [1.82, 2.24) is 0 Å². The smallest absolute Gasteiger partial charge is 0.200 e. The van der Waals surface area contributed by atoms with Gasteiger partial charge in [0, 0.05) is 0 Å². The van der Waals surface area contributed by atoms with Gasteiger partial charge in [0.15, 0.2) is 23.3 Å². The van der Waals surface area contributed by atoms with Crippen LogP contribution in [0.5, 0.6) is 0 Å². The van der Waals surface area contributed by atoms with Gasteiger partial charge in [-0.1, -0.05) is 0 Å². The summed E-state index contributed by atoms with van der Waals surface area (Å²) in [5, 5.41) is 2.20. The zero-order chi connectivity index (χ0) is 14.2. The highest BCUT2D eigenvalue weighted by molar-refractivity contribution is 5.49. The van der Waals surface area contributed by atoms with Crippen LogP contribution in [-0.2, 0) is 0 Å². The molecule has 0 saturated carbocycles.